The van der Waals surface area contributed by atoms with E-state index in [2.05, 4.69) is 12.2 Å². The molecular formula is C8H16N2O. The smallest absolute Gasteiger partial charge is 0.209 e. The van der Waals surface area contributed by atoms with Gasteiger partial charge in [-0.05, 0) is 14.0 Å². The zero-order valence-corrected chi connectivity index (χ0v) is 7.37. The van der Waals surface area contributed by atoms with Gasteiger partial charge < -0.3 is 10.2 Å². The Kier molecular flexibility index (Phi) is 5.47. The molecule has 64 valence electrons. The van der Waals surface area contributed by atoms with E-state index in [9.17, 15) is 4.79 Å². The predicted octanol–water partition coefficient (Wildman–Crippen LogP) is 0.239. The molecule has 0 aliphatic rings. The summed E-state index contributed by atoms with van der Waals surface area (Å²) >= 11 is 0. The number of carbonyl (C=O) groups excluding carboxylic acids is 1. The molecule has 0 aromatic carbocycles. The van der Waals surface area contributed by atoms with E-state index >= 15 is 0 Å². The Morgan fingerprint density at radius 1 is 1.64 bits per heavy atom. The van der Waals surface area contributed by atoms with Crippen molar-refractivity contribution in [3.63, 3.8) is 0 Å². The highest BCUT2D eigenvalue weighted by Crippen LogP contribution is 1.84. The van der Waals surface area contributed by atoms with Crippen LogP contribution in [0.2, 0.25) is 0 Å². The molecule has 0 fully saturated rings. The first kappa shape index (κ1) is 10.2. The number of hydrogen-bond donors (Lipinski definition) is 1. The highest BCUT2D eigenvalue weighted by molar-refractivity contribution is 5.46. The van der Waals surface area contributed by atoms with Crippen LogP contribution in [0.5, 0.6) is 0 Å². The van der Waals surface area contributed by atoms with Crippen molar-refractivity contribution in [1.82, 2.24) is 10.2 Å². The van der Waals surface area contributed by atoms with Crippen LogP contribution >= 0.6 is 0 Å². The van der Waals surface area contributed by atoms with Crippen LogP contribution in [0, 0.1) is 0 Å². The van der Waals surface area contributed by atoms with Crippen molar-refractivity contribution in [3.05, 3.63) is 12.2 Å². The van der Waals surface area contributed by atoms with Crippen molar-refractivity contribution >= 4 is 6.41 Å². The lowest BCUT2D eigenvalue weighted by atomic mass is 10.3. The lowest BCUT2D eigenvalue weighted by molar-refractivity contribution is -0.116. The molecule has 0 aromatic heterocycles. The van der Waals surface area contributed by atoms with Gasteiger partial charge in [0.2, 0.25) is 6.41 Å². The molecule has 0 spiro atoms. The molecule has 1 amide bonds. The van der Waals surface area contributed by atoms with Crippen LogP contribution in [0.1, 0.15) is 6.92 Å². The van der Waals surface area contributed by atoms with E-state index < -0.39 is 0 Å². The fourth-order valence-electron chi connectivity index (χ4n) is 0.571. The van der Waals surface area contributed by atoms with Crippen molar-refractivity contribution in [2.24, 2.45) is 0 Å². The van der Waals surface area contributed by atoms with Crippen LogP contribution in [0.15, 0.2) is 12.2 Å². The zero-order chi connectivity index (χ0) is 8.69. The average molecular weight is 156 g/mol. The van der Waals surface area contributed by atoms with E-state index in [0.717, 1.165) is 6.41 Å². The van der Waals surface area contributed by atoms with E-state index in [0.29, 0.717) is 12.6 Å². The summed E-state index contributed by atoms with van der Waals surface area (Å²) in [6.45, 7) is 2.73. The van der Waals surface area contributed by atoms with Crippen LogP contribution in [0.4, 0.5) is 0 Å². The largest absolute Gasteiger partial charge is 0.345 e. The van der Waals surface area contributed by atoms with E-state index in [-0.39, 0.29) is 0 Å². The first-order valence-corrected chi connectivity index (χ1v) is 3.70. The standard InChI is InChI=1S/C8H16N2O/c1-8(9-2)5-4-6-10(3)7-11/h4-5,7-9H,6H2,1-3H3/b5-4+. The molecule has 1 atom stereocenters. The van der Waals surface area contributed by atoms with Crippen molar-refractivity contribution < 1.29 is 4.79 Å². The summed E-state index contributed by atoms with van der Waals surface area (Å²) in [5, 5.41) is 3.06. The monoisotopic (exact) mass is 156 g/mol. The third-order valence-corrected chi connectivity index (χ3v) is 1.45. The molecule has 0 radical (unpaired) electrons. The van der Waals surface area contributed by atoms with Gasteiger partial charge in [0.25, 0.3) is 0 Å². The number of carbonyl (C=O) groups is 1. The van der Waals surface area contributed by atoms with Gasteiger partial charge in [-0.3, -0.25) is 4.79 Å². The summed E-state index contributed by atoms with van der Waals surface area (Å²) < 4.78 is 0. The number of nitrogens with one attached hydrogen (secondary N) is 1. The Hall–Kier alpha value is -0.830. The molecule has 0 aromatic rings. The van der Waals surface area contributed by atoms with Crippen molar-refractivity contribution in [3.8, 4) is 0 Å². The summed E-state index contributed by atoms with van der Waals surface area (Å²) in [7, 11) is 3.65. The van der Waals surface area contributed by atoms with Gasteiger partial charge >= 0.3 is 0 Å². The van der Waals surface area contributed by atoms with E-state index in [4.69, 9.17) is 0 Å². The predicted molar refractivity (Wildman–Crippen MR) is 46.4 cm³/mol. The number of rotatable bonds is 5. The molecule has 0 bridgehead atoms. The number of amides is 1. The second kappa shape index (κ2) is 5.92. The van der Waals surface area contributed by atoms with Crippen LogP contribution in [0.25, 0.3) is 0 Å². The van der Waals surface area contributed by atoms with Gasteiger partial charge in [0.1, 0.15) is 0 Å². The van der Waals surface area contributed by atoms with Gasteiger partial charge in [-0.15, -0.1) is 0 Å². The minimum Gasteiger partial charge on any atom is -0.345 e. The van der Waals surface area contributed by atoms with Crippen LogP contribution in [0.3, 0.4) is 0 Å². The molecule has 0 aliphatic heterocycles. The Bertz CT molecular complexity index is 134. The first-order valence-electron chi connectivity index (χ1n) is 3.70. The Labute approximate surface area is 68.1 Å². The molecule has 0 heterocycles. The highest BCUT2D eigenvalue weighted by Gasteiger charge is 1.89. The highest BCUT2D eigenvalue weighted by atomic mass is 16.1. The van der Waals surface area contributed by atoms with Gasteiger partial charge in [0.05, 0.1) is 0 Å². The SMILES string of the molecule is CNC(C)/C=C/CN(C)C=O. The number of nitrogens with zero attached hydrogens (tertiary/aromatic N) is 1. The van der Waals surface area contributed by atoms with Gasteiger partial charge in [0, 0.05) is 19.6 Å². The summed E-state index contributed by atoms with van der Waals surface area (Å²) in [6, 6.07) is 0.370. The molecule has 0 saturated heterocycles. The van der Waals surface area contributed by atoms with Crippen molar-refractivity contribution in [2.45, 2.75) is 13.0 Å². The normalized spacial score (nSPS) is 13.4. The number of likely N-dealkylation sites (N-methyl/N-ethyl adjacent to an activating group) is 2. The second-order valence-electron chi connectivity index (χ2n) is 2.55. The Balaban J connectivity index is 3.50. The lowest BCUT2D eigenvalue weighted by Gasteiger charge is -2.07. The Morgan fingerprint density at radius 2 is 2.27 bits per heavy atom. The van der Waals surface area contributed by atoms with E-state index in [1.165, 1.54) is 0 Å². The Morgan fingerprint density at radius 3 is 2.73 bits per heavy atom. The summed E-state index contributed by atoms with van der Waals surface area (Å²) in [4.78, 5) is 11.7. The first-order chi connectivity index (χ1) is 5.20. The molecule has 1 N–H and O–H groups in total. The molecule has 3 nitrogen and oxygen atoms in total. The molecule has 0 aliphatic carbocycles. The molecule has 11 heavy (non-hydrogen) atoms. The topological polar surface area (TPSA) is 32.3 Å². The summed E-state index contributed by atoms with van der Waals surface area (Å²) in [5.74, 6) is 0. The van der Waals surface area contributed by atoms with E-state index in [1.807, 2.05) is 19.2 Å². The van der Waals surface area contributed by atoms with Gasteiger partial charge in [-0.25, -0.2) is 0 Å². The van der Waals surface area contributed by atoms with Crippen molar-refractivity contribution in [1.29, 1.82) is 0 Å². The molecule has 3 heteroatoms. The van der Waals surface area contributed by atoms with Crippen molar-refractivity contribution in [2.75, 3.05) is 20.6 Å². The minimum atomic E-state index is 0.370. The molecular weight excluding hydrogens is 140 g/mol. The summed E-state index contributed by atoms with van der Waals surface area (Å²) in [6.07, 6.45) is 4.81. The number of hydrogen-bond acceptors (Lipinski definition) is 2. The van der Waals surface area contributed by atoms with Crippen LogP contribution < -0.4 is 5.32 Å². The second-order valence-corrected chi connectivity index (χ2v) is 2.55. The molecule has 1 unspecified atom stereocenters. The fourth-order valence-corrected chi connectivity index (χ4v) is 0.571. The fraction of sp³-hybridized carbons (Fsp3) is 0.625. The maximum Gasteiger partial charge on any atom is 0.209 e. The van der Waals surface area contributed by atoms with Crippen LogP contribution in [-0.4, -0.2) is 38.0 Å². The average Bonchev–Trinajstić information content (AvgIpc) is 2.04. The maximum atomic E-state index is 10.1. The molecule has 0 saturated carbocycles. The maximum absolute atomic E-state index is 10.1. The third-order valence-electron chi connectivity index (χ3n) is 1.45. The van der Waals surface area contributed by atoms with E-state index in [1.54, 1.807) is 11.9 Å². The minimum absolute atomic E-state index is 0.370. The quantitative estimate of drug-likeness (QED) is 0.457. The van der Waals surface area contributed by atoms with Gasteiger partial charge in [0.15, 0.2) is 0 Å². The van der Waals surface area contributed by atoms with Gasteiger partial charge in [-0.1, -0.05) is 12.2 Å². The van der Waals surface area contributed by atoms with Crippen LogP contribution in [-0.2, 0) is 4.79 Å². The summed E-state index contributed by atoms with van der Waals surface area (Å²) in [5.41, 5.74) is 0. The zero-order valence-electron chi connectivity index (χ0n) is 7.37. The van der Waals surface area contributed by atoms with Gasteiger partial charge in [-0.2, -0.15) is 0 Å². The molecule has 0 rings (SSSR count). The third kappa shape index (κ3) is 5.61. The lowest BCUT2D eigenvalue weighted by Crippen LogP contribution is -2.20.